The molecule has 3 atom stereocenters. The number of aliphatic carboxylic acids is 1. The summed E-state index contributed by atoms with van der Waals surface area (Å²) in [6.45, 7) is 4.75. The van der Waals surface area contributed by atoms with E-state index in [0.29, 0.717) is 35.2 Å². The van der Waals surface area contributed by atoms with E-state index in [2.05, 4.69) is 6.92 Å². The molecule has 11 heteroatoms. The molecule has 3 heterocycles. The Morgan fingerprint density at radius 3 is 1.71 bits per heavy atom. The number of benzene rings is 3. The first-order chi connectivity index (χ1) is 26.5. The van der Waals surface area contributed by atoms with Crippen LogP contribution in [0.3, 0.4) is 0 Å². The number of quaternary nitrogens is 1. The Balaban J connectivity index is 0.000000757. The molecule has 0 N–H and O–H groups in total. The molecule has 3 aliphatic rings. The summed E-state index contributed by atoms with van der Waals surface area (Å²) in [6, 6.07) is 29.7. The number of nitrogens with zero attached hydrogens (tertiary/aromatic N) is 1. The second kappa shape index (κ2) is 19.6. The van der Waals surface area contributed by atoms with Gasteiger partial charge in [0.05, 0.1) is 25.2 Å². The van der Waals surface area contributed by atoms with Gasteiger partial charge in [-0.05, 0) is 17.5 Å². The fraction of sp³-hybridized carbons (Fsp3) is 0.523. The molecule has 6 rings (SSSR count). The highest BCUT2D eigenvalue weighted by Crippen LogP contribution is 2.47. The highest BCUT2D eigenvalue weighted by Gasteiger charge is 2.57. The van der Waals surface area contributed by atoms with Gasteiger partial charge in [0.1, 0.15) is 12.1 Å². The molecule has 3 saturated heterocycles. The molecule has 0 aromatic heterocycles. The number of piperidine rings is 1. The van der Waals surface area contributed by atoms with E-state index in [0.717, 1.165) is 32.1 Å². The highest BCUT2D eigenvalue weighted by molar-refractivity contribution is 5.86. The van der Waals surface area contributed by atoms with E-state index >= 15 is 0 Å². The molecule has 0 amide bonds. The lowest BCUT2D eigenvalue weighted by atomic mass is 9.85. The molecule has 0 radical (unpaired) electrons. The molecule has 3 aromatic carbocycles. The zero-order valence-electron chi connectivity index (χ0n) is 31.7. The number of carboxylic acids is 1. The standard InChI is InChI=1S/C42H54NO5.C2HF3O2/c1-2-3-4-5-6-7-17-26-39(44)47-40(33-20-11-8-12-21-33)48-42(34-22-13-9-14-23-34,35-24-15-10-16-25-35)41(45)46-38-31-36-27-28-37(32-38)43(36)29-18-19-30-43;3-2(4,5)1(6)7/h8-16,20-25,36-38,40H,2-7,17-19,26-32H2,1H3;(H,6,7)/q+1;/p-1. The second-order valence-corrected chi connectivity index (χ2v) is 15.1. The van der Waals surface area contributed by atoms with Crippen molar-refractivity contribution >= 4 is 17.9 Å². The van der Waals surface area contributed by atoms with Crippen molar-refractivity contribution in [2.75, 3.05) is 13.1 Å². The van der Waals surface area contributed by atoms with Gasteiger partial charge >= 0.3 is 18.1 Å². The number of esters is 2. The first-order valence-corrected chi connectivity index (χ1v) is 19.9. The van der Waals surface area contributed by atoms with Gasteiger partial charge in [-0.2, -0.15) is 13.2 Å². The maximum Gasteiger partial charge on any atom is 0.430 e. The van der Waals surface area contributed by atoms with Crippen molar-refractivity contribution in [1.29, 1.82) is 0 Å². The van der Waals surface area contributed by atoms with Crippen LogP contribution in [0.25, 0.3) is 0 Å². The van der Waals surface area contributed by atoms with Crippen LogP contribution in [0.2, 0.25) is 0 Å². The first kappa shape index (κ1) is 41.9. The van der Waals surface area contributed by atoms with Crippen LogP contribution in [0, 0.1) is 0 Å². The summed E-state index contributed by atoms with van der Waals surface area (Å²) in [7, 11) is 0. The summed E-state index contributed by atoms with van der Waals surface area (Å²) in [4.78, 5) is 37.1. The maximum absolute atomic E-state index is 15.0. The SMILES string of the molecule is CCCCCCCCCC(=O)OC(OC(C(=O)OC1CC2CCC(C1)[N+]21CCCC1)(c1ccccc1)c1ccccc1)c1ccccc1.O=C([O-])C(F)(F)F. The minimum absolute atomic E-state index is 0.176. The van der Waals surface area contributed by atoms with Gasteiger partial charge in [0.2, 0.25) is 11.9 Å². The van der Waals surface area contributed by atoms with Crippen LogP contribution in [0.4, 0.5) is 13.2 Å². The van der Waals surface area contributed by atoms with Gasteiger partial charge in [-0.1, -0.05) is 136 Å². The van der Waals surface area contributed by atoms with Gasteiger partial charge in [-0.15, -0.1) is 0 Å². The summed E-state index contributed by atoms with van der Waals surface area (Å²) in [5.41, 5.74) is 0.309. The molecule has 1 spiro atoms. The van der Waals surface area contributed by atoms with Crippen molar-refractivity contribution in [3.05, 3.63) is 108 Å². The third-order valence-corrected chi connectivity index (χ3v) is 11.5. The van der Waals surface area contributed by atoms with Crippen molar-refractivity contribution < 1.29 is 51.4 Å². The molecule has 55 heavy (non-hydrogen) atoms. The Kier molecular flexibility index (Phi) is 14.9. The predicted molar refractivity (Wildman–Crippen MR) is 199 cm³/mol. The average molecular weight is 766 g/mol. The number of carboxylic acid groups (broad SMARTS) is 1. The van der Waals surface area contributed by atoms with Gasteiger partial charge in [0.15, 0.2) is 0 Å². The van der Waals surface area contributed by atoms with Gasteiger partial charge in [0.25, 0.3) is 0 Å². The third kappa shape index (κ3) is 10.6. The number of alkyl halides is 3. The van der Waals surface area contributed by atoms with Crippen LogP contribution in [-0.2, 0) is 34.2 Å². The minimum atomic E-state index is -5.19. The van der Waals surface area contributed by atoms with Crippen molar-refractivity contribution in [1.82, 2.24) is 0 Å². The summed E-state index contributed by atoms with van der Waals surface area (Å²) in [5.74, 6) is -3.79. The smallest absolute Gasteiger partial charge is 0.430 e. The quantitative estimate of drug-likeness (QED) is 0.0624. The van der Waals surface area contributed by atoms with E-state index < -0.39 is 30.0 Å². The fourth-order valence-electron chi connectivity index (χ4n) is 8.81. The average Bonchev–Trinajstić information content (AvgIpc) is 3.73. The van der Waals surface area contributed by atoms with E-state index in [-0.39, 0.29) is 12.1 Å². The zero-order valence-corrected chi connectivity index (χ0v) is 31.7. The number of hydrogen-bond donors (Lipinski definition) is 0. The molecule has 2 bridgehead atoms. The molecule has 3 fully saturated rings. The van der Waals surface area contributed by atoms with Crippen molar-refractivity contribution in [3.8, 4) is 0 Å². The maximum atomic E-state index is 15.0. The van der Waals surface area contributed by atoms with Crippen LogP contribution >= 0.6 is 0 Å². The van der Waals surface area contributed by atoms with Gasteiger partial charge in [-0.3, -0.25) is 4.79 Å². The molecule has 3 aliphatic heterocycles. The van der Waals surface area contributed by atoms with Crippen molar-refractivity contribution in [3.63, 3.8) is 0 Å². The monoisotopic (exact) mass is 765 g/mol. The topological polar surface area (TPSA) is 102 Å². The molecule has 298 valence electrons. The Labute approximate surface area is 322 Å². The number of carbonyl (C=O) groups is 3. The number of unbranched alkanes of at least 4 members (excludes halogenated alkanes) is 6. The van der Waals surface area contributed by atoms with E-state index in [1.807, 2.05) is 91.0 Å². The number of rotatable bonds is 16. The molecular formula is C44H54F3NO7. The normalized spacial score (nSPS) is 20.6. The fourth-order valence-corrected chi connectivity index (χ4v) is 8.81. The van der Waals surface area contributed by atoms with E-state index in [4.69, 9.17) is 24.1 Å². The second-order valence-electron chi connectivity index (χ2n) is 15.1. The Hall–Kier alpha value is -4.22. The minimum Gasteiger partial charge on any atom is -0.542 e. The highest BCUT2D eigenvalue weighted by atomic mass is 19.4. The van der Waals surface area contributed by atoms with Crippen LogP contribution in [0.5, 0.6) is 0 Å². The summed E-state index contributed by atoms with van der Waals surface area (Å²) in [6.07, 6.45) is 8.40. The van der Waals surface area contributed by atoms with Gasteiger partial charge in [0, 0.05) is 50.5 Å². The lowest BCUT2D eigenvalue weighted by Crippen LogP contribution is -2.60. The van der Waals surface area contributed by atoms with E-state index in [1.165, 1.54) is 68.9 Å². The van der Waals surface area contributed by atoms with Gasteiger partial charge in [-0.25, -0.2) is 4.79 Å². The van der Waals surface area contributed by atoms with Crippen LogP contribution < -0.4 is 5.11 Å². The lowest BCUT2D eigenvalue weighted by molar-refractivity contribution is -0.956. The largest absolute Gasteiger partial charge is 0.542 e. The van der Waals surface area contributed by atoms with Gasteiger partial charge < -0.3 is 28.6 Å². The molecule has 0 saturated carbocycles. The lowest BCUT2D eigenvalue weighted by Gasteiger charge is -2.47. The summed E-state index contributed by atoms with van der Waals surface area (Å²) in [5, 5.41) is 8.78. The summed E-state index contributed by atoms with van der Waals surface area (Å²) < 4.78 is 52.5. The van der Waals surface area contributed by atoms with Crippen molar-refractivity contribution in [2.24, 2.45) is 0 Å². The number of halogens is 3. The Morgan fingerprint density at radius 2 is 1.22 bits per heavy atom. The predicted octanol–water partition coefficient (Wildman–Crippen LogP) is 8.48. The number of ether oxygens (including phenoxy) is 3. The van der Waals surface area contributed by atoms with E-state index in [1.54, 1.807) is 0 Å². The number of hydrogen-bond acceptors (Lipinski definition) is 7. The van der Waals surface area contributed by atoms with Crippen molar-refractivity contribution in [2.45, 2.75) is 133 Å². The molecule has 3 unspecified atom stereocenters. The Morgan fingerprint density at radius 1 is 0.745 bits per heavy atom. The van der Waals surface area contributed by atoms with Crippen LogP contribution in [-0.4, -0.2) is 59.8 Å². The molecule has 8 nitrogen and oxygen atoms in total. The zero-order chi connectivity index (χ0) is 39.3. The molecule has 3 aromatic rings. The van der Waals surface area contributed by atoms with E-state index in [9.17, 15) is 22.8 Å². The molecular weight excluding hydrogens is 711 g/mol. The number of carbonyl (C=O) groups excluding carboxylic acids is 3. The molecule has 0 aliphatic carbocycles. The third-order valence-electron chi connectivity index (χ3n) is 11.5. The van der Waals surface area contributed by atoms with Crippen LogP contribution in [0.1, 0.15) is 120 Å². The van der Waals surface area contributed by atoms with Crippen LogP contribution in [0.15, 0.2) is 91.0 Å². The Bertz CT molecular complexity index is 1590. The first-order valence-electron chi connectivity index (χ1n) is 19.9. The summed E-state index contributed by atoms with van der Waals surface area (Å²) >= 11 is 0.